The van der Waals surface area contributed by atoms with Gasteiger partial charge in [0.15, 0.2) is 0 Å². The molecule has 0 atom stereocenters. The molecule has 2 rings (SSSR count). The van der Waals surface area contributed by atoms with Crippen LogP contribution in [0.15, 0.2) is 24.3 Å². The van der Waals surface area contributed by atoms with Gasteiger partial charge in [-0.15, -0.1) is 0 Å². The third-order valence-corrected chi connectivity index (χ3v) is 2.02. The zero-order chi connectivity index (χ0) is 11.8. The summed E-state index contributed by atoms with van der Waals surface area (Å²) in [6, 6.07) is 6.49. The molecule has 0 aromatic heterocycles. The summed E-state index contributed by atoms with van der Waals surface area (Å²) in [5.74, 6) is -2.64. The van der Waals surface area contributed by atoms with Crippen LogP contribution in [-0.2, 0) is 18.9 Å². The van der Waals surface area contributed by atoms with E-state index >= 15 is 0 Å². The van der Waals surface area contributed by atoms with E-state index in [2.05, 4.69) is 9.31 Å². The largest absolute Gasteiger partial charge is 0.756 e. The second-order valence-corrected chi connectivity index (χ2v) is 3.25. The molecule has 1 aliphatic rings. The Labute approximate surface area is 90.2 Å². The third kappa shape index (κ3) is 1.84. The fourth-order valence-electron chi connectivity index (χ4n) is 1.26. The van der Waals surface area contributed by atoms with Gasteiger partial charge in [-0.25, -0.2) is 9.59 Å². The molecule has 7 heteroatoms. The van der Waals surface area contributed by atoms with Crippen LogP contribution in [0.5, 0.6) is 5.75 Å². The molecule has 1 saturated heterocycles. The fraction of sp³-hybridized carbons (Fsp3) is 0.111. The molecule has 1 aliphatic heterocycles. The molecule has 1 fully saturated rings. The Morgan fingerprint density at radius 3 is 2.31 bits per heavy atom. The van der Waals surface area contributed by atoms with E-state index in [-0.39, 0.29) is 5.75 Å². The normalized spacial score (nSPS) is 17.9. The van der Waals surface area contributed by atoms with Crippen LogP contribution in [0.25, 0.3) is 0 Å². The number of carbonyl (C=O) groups is 2. The fourth-order valence-corrected chi connectivity index (χ4v) is 1.26. The minimum atomic E-state index is -3.85. The Morgan fingerprint density at radius 1 is 1.19 bits per heavy atom. The molecule has 16 heavy (non-hydrogen) atoms. The summed E-state index contributed by atoms with van der Waals surface area (Å²) in [7, 11) is -3.85. The summed E-state index contributed by atoms with van der Waals surface area (Å²) in [5.41, 5.74) is 0.625. The predicted octanol–water partition coefficient (Wildman–Crippen LogP) is 0.879. The van der Waals surface area contributed by atoms with E-state index in [1.165, 1.54) is 6.07 Å². The summed E-state index contributed by atoms with van der Waals surface area (Å²) in [6.45, 7) is 1.67. The number of halogens is 1. The lowest BCUT2D eigenvalue weighted by Gasteiger charge is -2.26. The van der Waals surface area contributed by atoms with Gasteiger partial charge in [0.25, 0.3) is 0 Å². The molecule has 1 aromatic rings. The topological polar surface area (TPSA) is 61.8 Å². The molecule has 84 valence electrons. The average molecular weight is 225 g/mol. The molecule has 0 unspecified atom stereocenters. The molecule has 0 bridgehead atoms. The first-order valence-electron chi connectivity index (χ1n) is 4.52. The first-order chi connectivity index (χ1) is 7.50. The van der Waals surface area contributed by atoms with Crippen molar-refractivity contribution in [1.29, 1.82) is 0 Å². The summed E-state index contributed by atoms with van der Waals surface area (Å²) in [6.07, 6.45) is 0. The molecule has 0 radical (unpaired) electrons. The molecule has 5 nitrogen and oxygen atoms in total. The lowest BCUT2D eigenvalue weighted by Crippen LogP contribution is -2.39. The Bertz CT molecular complexity index is 445. The van der Waals surface area contributed by atoms with Crippen LogP contribution in [0.2, 0.25) is 0 Å². The van der Waals surface area contributed by atoms with Crippen molar-refractivity contribution in [2.24, 2.45) is 0 Å². The monoisotopic (exact) mass is 225 g/mol. The summed E-state index contributed by atoms with van der Waals surface area (Å²) in [4.78, 5) is 21.3. The van der Waals surface area contributed by atoms with Gasteiger partial charge in [-0.1, -0.05) is 18.2 Å². The summed E-state index contributed by atoms with van der Waals surface area (Å²) >= 11 is 0. The van der Waals surface area contributed by atoms with Crippen LogP contribution in [0.1, 0.15) is 5.56 Å². The lowest BCUT2D eigenvalue weighted by atomic mass is 10.1. The van der Waals surface area contributed by atoms with Gasteiger partial charge >= 0.3 is 19.0 Å². The van der Waals surface area contributed by atoms with Crippen LogP contribution in [0, 0.1) is 6.92 Å². The van der Waals surface area contributed by atoms with Crippen LogP contribution in [-0.4, -0.2) is 19.0 Å². The van der Waals surface area contributed by atoms with Crippen LogP contribution < -0.4 is 4.65 Å². The first kappa shape index (κ1) is 10.5. The molecular weight excluding hydrogens is 218 g/mol. The quantitative estimate of drug-likeness (QED) is 0.552. The first-order valence-corrected chi connectivity index (χ1v) is 4.52. The van der Waals surface area contributed by atoms with Crippen molar-refractivity contribution in [3.05, 3.63) is 29.8 Å². The van der Waals surface area contributed by atoms with Crippen LogP contribution in [0.3, 0.4) is 0 Å². The van der Waals surface area contributed by atoms with Gasteiger partial charge in [-0.2, -0.15) is 0 Å². The second kappa shape index (κ2) is 3.51. The average Bonchev–Trinajstić information content (AvgIpc) is 2.45. The molecule has 0 N–H and O–H groups in total. The smallest absolute Gasteiger partial charge is 0.619 e. The second-order valence-electron chi connectivity index (χ2n) is 3.25. The number of aryl methyl sites for hydroxylation is 1. The maximum atomic E-state index is 13.6. The Hall–Kier alpha value is -2.05. The molecule has 0 saturated carbocycles. The number of benzene rings is 1. The minimum Gasteiger partial charge on any atom is -0.619 e. The highest BCUT2D eigenvalue weighted by Gasteiger charge is 2.50. The van der Waals surface area contributed by atoms with E-state index < -0.39 is 19.0 Å². The van der Waals surface area contributed by atoms with E-state index in [4.69, 9.17) is 4.65 Å². The highest BCUT2D eigenvalue weighted by molar-refractivity contribution is 6.66. The molecule has 0 spiro atoms. The van der Waals surface area contributed by atoms with Crippen molar-refractivity contribution in [2.75, 3.05) is 0 Å². The number of para-hydroxylation sites is 1. The standard InChI is InChI=1S/C9H7BFO5/c1-6-4-2-3-5-7(6)14-10(11)15-8(12)9(13)16-10/h2-5H,1H3/q-1. The zero-order valence-corrected chi connectivity index (χ0v) is 8.31. The number of hydrogen-bond acceptors (Lipinski definition) is 5. The predicted molar refractivity (Wildman–Crippen MR) is 50.9 cm³/mol. The number of carbonyl (C=O) groups excluding carboxylic acids is 2. The zero-order valence-electron chi connectivity index (χ0n) is 8.31. The van der Waals surface area contributed by atoms with Gasteiger partial charge in [-0.3, -0.25) is 0 Å². The van der Waals surface area contributed by atoms with Gasteiger partial charge in [-0.05, 0) is 18.6 Å². The van der Waals surface area contributed by atoms with Gasteiger partial charge in [0.2, 0.25) is 0 Å². The molecule has 1 aromatic carbocycles. The molecule has 1 heterocycles. The maximum Gasteiger partial charge on any atom is 0.756 e. The van der Waals surface area contributed by atoms with Crippen LogP contribution in [0.4, 0.5) is 4.32 Å². The van der Waals surface area contributed by atoms with Gasteiger partial charge in [0, 0.05) is 0 Å². The van der Waals surface area contributed by atoms with Gasteiger partial charge in [0.1, 0.15) is 0 Å². The third-order valence-electron chi connectivity index (χ3n) is 2.02. The lowest BCUT2D eigenvalue weighted by molar-refractivity contribution is -0.150. The number of rotatable bonds is 2. The van der Waals surface area contributed by atoms with Crippen molar-refractivity contribution in [2.45, 2.75) is 6.92 Å². The summed E-state index contributed by atoms with van der Waals surface area (Å²) in [5, 5.41) is 0. The Balaban J connectivity index is 2.20. The molecular formula is C9H7BFO5-. The van der Waals surface area contributed by atoms with Gasteiger partial charge < -0.3 is 18.3 Å². The van der Waals surface area contributed by atoms with Gasteiger partial charge in [0.05, 0.1) is 5.75 Å². The maximum absolute atomic E-state index is 13.6. The van der Waals surface area contributed by atoms with Crippen molar-refractivity contribution >= 4 is 19.0 Å². The van der Waals surface area contributed by atoms with E-state index in [1.807, 2.05) is 0 Å². The SMILES string of the molecule is Cc1ccccc1O[B-]1(F)OC(=O)C(=O)O1. The molecule has 0 aliphatic carbocycles. The van der Waals surface area contributed by atoms with Crippen molar-refractivity contribution in [1.82, 2.24) is 0 Å². The number of hydrogen-bond donors (Lipinski definition) is 0. The van der Waals surface area contributed by atoms with Crippen molar-refractivity contribution in [3.8, 4) is 5.75 Å². The van der Waals surface area contributed by atoms with Crippen molar-refractivity contribution < 1.29 is 27.9 Å². The highest BCUT2D eigenvalue weighted by atomic mass is 19.1. The van der Waals surface area contributed by atoms with E-state index in [0.717, 1.165) is 0 Å². The van der Waals surface area contributed by atoms with E-state index in [1.54, 1.807) is 25.1 Å². The highest BCUT2D eigenvalue weighted by Crippen LogP contribution is 2.25. The van der Waals surface area contributed by atoms with E-state index in [0.29, 0.717) is 5.56 Å². The van der Waals surface area contributed by atoms with E-state index in [9.17, 15) is 13.9 Å². The molecule has 0 amide bonds. The Morgan fingerprint density at radius 2 is 1.75 bits per heavy atom. The Kier molecular flexibility index (Phi) is 2.30. The van der Waals surface area contributed by atoms with Crippen molar-refractivity contribution in [3.63, 3.8) is 0 Å². The summed E-state index contributed by atoms with van der Waals surface area (Å²) < 4.78 is 26.5. The van der Waals surface area contributed by atoms with Crippen LogP contribution >= 0.6 is 0 Å². The minimum absolute atomic E-state index is 0.146.